The maximum absolute atomic E-state index is 12.7. The summed E-state index contributed by atoms with van der Waals surface area (Å²) in [5, 5.41) is 5.31. The molecule has 1 aliphatic rings. The van der Waals surface area contributed by atoms with E-state index in [2.05, 4.69) is 23.5 Å². The molecule has 0 fully saturated rings. The topological polar surface area (TPSA) is 38.3 Å². The third kappa shape index (κ3) is 3.30. The maximum atomic E-state index is 12.7. The molecule has 3 aromatic rings. The number of aryl methyl sites for hydroxylation is 1. The Kier molecular flexibility index (Phi) is 4.61. The van der Waals surface area contributed by atoms with E-state index in [1.54, 1.807) is 0 Å². The van der Waals surface area contributed by atoms with Crippen LogP contribution in [0.2, 0.25) is 0 Å². The number of fused-ring (bicyclic) bond motifs is 2. The number of nitrogens with one attached hydrogen (secondary N) is 1. The molecule has 132 valence electrons. The van der Waals surface area contributed by atoms with Gasteiger partial charge < -0.3 is 10.1 Å². The summed E-state index contributed by atoms with van der Waals surface area (Å²) < 4.78 is 6.01. The summed E-state index contributed by atoms with van der Waals surface area (Å²) in [7, 11) is 0. The first-order chi connectivity index (χ1) is 12.7. The van der Waals surface area contributed by atoms with Gasteiger partial charge in [-0.1, -0.05) is 60.7 Å². The third-order valence-corrected chi connectivity index (χ3v) is 5.11. The SMILES string of the molecule is C[C@H](Oc1cccc2ccccc12)C(=O)N[C@@H]1CCCc2ccccc21. The van der Waals surface area contributed by atoms with Gasteiger partial charge in [-0.3, -0.25) is 4.79 Å². The normalized spacial score (nSPS) is 17.3. The fourth-order valence-electron chi connectivity index (χ4n) is 3.74. The molecule has 0 aromatic heterocycles. The Labute approximate surface area is 154 Å². The van der Waals surface area contributed by atoms with Crippen molar-refractivity contribution in [2.24, 2.45) is 0 Å². The second kappa shape index (κ2) is 7.20. The van der Waals surface area contributed by atoms with Gasteiger partial charge in [0.05, 0.1) is 6.04 Å². The minimum Gasteiger partial charge on any atom is -0.480 e. The molecule has 2 atom stereocenters. The molecule has 0 heterocycles. The maximum Gasteiger partial charge on any atom is 0.261 e. The van der Waals surface area contributed by atoms with Crippen molar-refractivity contribution in [3.8, 4) is 5.75 Å². The fraction of sp³-hybridized carbons (Fsp3) is 0.261. The molecule has 1 N–H and O–H groups in total. The number of hydrogen-bond donors (Lipinski definition) is 1. The van der Waals surface area contributed by atoms with Crippen molar-refractivity contribution >= 4 is 16.7 Å². The number of ether oxygens (including phenoxy) is 1. The molecule has 0 radical (unpaired) electrons. The van der Waals surface area contributed by atoms with Gasteiger partial charge in [0.15, 0.2) is 6.10 Å². The standard InChI is InChI=1S/C23H23NO2/c1-16(26-22-15-7-11-18-9-3-5-13-20(18)22)23(25)24-21-14-6-10-17-8-2-4-12-19(17)21/h2-5,7-9,11-13,15-16,21H,6,10,14H2,1H3,(H,24,25)/t16-,21+/m0/s1. The zero-order valence-electron chi connectivity index (χ0n) is 14.9. The van der Waals surface area contributed by atoms with Crippen molar-refractivity contribution in [3.63, 3.8) is 0 Å². The van der Waals surface area contributed by atoms with E-state index in [0.717, 1.165) is 35.8 Å². The van der Waals surface area contributed by atoms with Crippen molar-refractivity contribution in [2.75, 3.05) is 0 Å². The molecule has 0 unspecified atom stereocenters. The smallest absolute Gasteiger partial charge is 0.261 e. The minimum absolute atomic E-state index is 0.0698. The lowest BCUT2D eigenvalue weighted by Crippen LogP contribution is -2.39. The quantitative estimate of drug-likeness (QED) is 0.737. The Hall–Kier alpha value is -2.81. The van der Waals surface area contributed by atoms with Gasteiger partial charge in [-0.05, 0) is 48.8 Å². The second-order valence-electron chi connectivity index (χ2n) is 6.89. The van der Waals surface area contributed by atoms with Gasteiger partial charge in [0.25, 0.3) is 5.91 Å². The summed E-state index contributed by atoms with van der Waals surface area (Å²) in [5.74, 6) is 0.675. The molecule has 0 spiro atoms. The molecule has 0 bridgehead atoms. The molecular formula is C23H23NO2. The van der Waals surface area contributed by atoms with Gasteiger partial charge in [0.1, 0.15) is 5.75 Å². The molecule has 26 heavy (non-hydrogen) atoms. The summed E-state index contributed by atoms with van der Waals surface area (Å²) in [5.41, 5.74) is 2.58. The van der Waals surface area contributed by atoms with Crippen LogP contribution in [0.25, 0.3) is 10.8 Å². The molecule has 3 aromatic carbocycles. The van der Waals surface area contributed by atoms with Crippen LogP contribution in [0.1, 0.15) is 36.9 Å². The number of carbonyl (C=O) groups excluding carboxylic acids is 1. The molecule has 0 saturated carbocycles. The van der Waals surface area contributed by atoms with Crippen molar-refractivity contribution < 1.29 is 9.53 Å². The van der Waals surface area contributed by atoms with Crippen LogP contribution in [0.3, 0.4) is 0 Å². The van der Waals surface area contributed by atoms with Crippen LogP contribution in [-0.4, -0.2) is 12.0 Å². The van der Waals surface area contributed by atoms with Gasteiger partial charge in [0, 0.05) is 5.39 Å². The summed E-state index contributed by atoms with van der Waals surface area (Å²) in [4.78, 5) is 12.7. The number of carbonyl (C=O) groups is 1. The van der Waals surface area contributed by atoms with Gasteiger partial charge in [-0.25, -0.2) is 0 Å². The van der Waals surface area contributed by atoms with E-state index in [1.165, 1.54) is 11.1 Å². The van der Waals surface area contributed by atoms with Crippen molar-refractivity contribution in [1.82, 2.24) is 5.32 Å². The average Bonchev–Trinajstić information content (AvgIpc) is 2.68. The fourth-order valence-corrected chi connectivity index (χ4v) is 3.74. The van der Waals surface area contributed by atoms with E-state index in [-0.39, 0.29) is 11.9 Å². The lowest BCUT2D eigenvalue weighted by Gasteiger charge is -2.27. The molecule has 0 saturated heterocycles. The van der Waals surface area contributed by atoms with Crippen molar-refractivity contribution in [2.45, 2.75) is 38.3 Å². The van der Waals surface area contributed by atoms with Gasteiger partial charge in [-0.2, -0.15) is 0 Å². The highest BCUT2D eigenvalue weighted by atomic mass is 16.5. The highest BCUT2D eigenvalue weighted by molar-refractivity contribution is 5.89. The molecular weight excluding hydrogens is 322 g/mol. The Balaban J connectivity index is 1.49. The lowest BCUT2D eigenvalue weighted by atomic mass is 9.87. The average molecular weight is 345 g/mol. The van der Waals surface area contributed by atoms with E-state index < -0.39 is 6.10 Å². The van der Waals surface area contributed by atoms with E-state index in [1.807, 2.05) is 55.5 Å². The van der Waals surface area contributed by atoms with Crippen molar-refractivity contribution in [3.05, 3.63) is 77.9 Å². The van der Waals surface area contributed by atoms with Gasteiger partial charge >= 0.3 is 0 Å². The Morgan fingerprint density at radius 2 is 1.81 bits per heavy atom. The predicted molar refractivity (Wildman–Crippen MR) is 104 cm³/mol. The Morgan fingerprint density at radius 3 is 2.73 bits per heavy atom. The van der Waals surface area contributed by atoms with Gasteiger partial charge in [0.2, 0.25) is 0 Å². The first-order valence-corrected chi connectivity index (χ1v) is 9.25. The number of rotatable bonds is 4. The first-order valence-electron chi connectivity index (χ1n) is 9.25. The van der Waals surface area contributed by atoms with Crippen LogP contribution in [0.5, 0.6) is 5.75 Å². The van der Waals surface area contributed by atoms with Crippen LogP contribution < -0.4 is 10.1 Å². The number of hydrogen-bond acceptors (Lipinski definition) is 2. The highest BCUT2D eigenvalue weighted by Crippen LogP contribution is 2.30. The van der Waals surface area contributed by atoms with Crippen LogP contribution in [0.4, 0.5) is 0 Å². The highest BCUT2D eigenvalue weighted by Gasteiger charge is 2.24. The second-order valence-corrected chi connectivity index (χ2v) is 6.89. The lowest BCUT2D eigenvalue weighted by molar-refractivity contribution is -0.128. The van der Waals surface area contributed by atoms with E-state index in [4.69, 9.17) is 4.74 Å². The molecule has 1 amide bonds. The van der Waals surface area contributed by atoms with Crippen LogP contribution in [0.15, 0.2) is 66.7 Å². The third-order valence-electron chi connectivity index (χ3n) is 5.11. The number of amides is 1. The van der Waals surface area contributed by atoms with E-state index in [9.17, 15) is 4.79 Å². The zero-order chi connectivity index (χ0) is 17.9. The number of benzene rings is 3. The summed E-state index contributed by atoms with van der Waals surface area (Å²) in [6.45, 7) is 1.81. The zero-order valence-corrected chi connectivity index (χ0v) is 14.9. The van der Waals surface area contributed by atoms with Crippen LogP contribution >= 0.6 is 0 Å². The van der Waals surface area contributed by atoms with Crippen molar-refractivity contribution in [1.29, 1.82) is 0 Å². The van der Waals surface area contributed by atoms with E-state index >= 15 is 0 Å². The molecule has 0 aliphatic heterocycles. The molecule has 1 aliphatic carbocycles. The predicted octanol–water partition coefficient (Wildman–Crippen LogP) is 4.80. The van der Waals surface area contributed by atoms with Gasteiger partial charge in [-0.15, -0.1) is 0 Å². The molecule has 3 nitrogen and oxygen atoms in total. The Morgan fingerprint density at radius 1 is 1.04 bits per heavy atom. The summed E-state index contributed by atoms with van der Waals surface area (Å²) in [6.07, 6.45) is 2.62. The molecule has 4 rings (SSSR count). The monoisotopic (exact) mass is 345 g/mol. The van der Waals surface area contributed by atoms with E-state index in [0.29, 0.717) is 0 Å². The largest absolute Gasteiger partial charge is 0.480 e. The summed E-state index contributed by atoms with van der Waals surface area (Å²) >= 11 is 0. The summed E-state index contributed by atoms with van der Waals surface area (Å²) in [6, 6.07) is 22.4. The molecule has 3 heteroatoms. The van der Waals surface area contributed by atoms with Crippen LogP contribution in [-0.2, 0) is 11.2 Å². The van der Waals surface area contributed by atoms with Crippen LogP contribution in [0, 0.1) is 0 Å². The first kappa shape index (κ1) is 16.6. The Bertz CT molecular complexity index is 929. The minimum atomic E-state index is -0.546.